The smallest absolute Gasteiger partial charge is 0.269 e. The molecule has 0 aliphatic carbocycles. The molecule has 6 nitrogen and oxygen atoms in total. The van der Waals surface area contributed by atoms with Gasteiger partial charge in [0, 0.05) is 30.4 Å². The first-order chi connectivity index (χ1) is 12.1. The molecule has 1 aliphatic rings. The number of anilines is 1. The van der Waals surface area contributed by atoms with Gasteiger partial charge in [-0.3, -0.25) is 20.4 Å². The lowest BCUT2D eigenvalue weighted by Crippen LogP contribution is -2.41. The summed E-state index contributed by atoms with van der Waals surface area (Å²) in [7, 11) is 0. The number of hydrogen-bond donors (Lipinski definition) is 2. The number of nitrogens with one attached hydrogen (secondary N) is 2. The molecule has 1 aromatic heterocycles. The second-order valence-corrected chi connectivity index (χ2v) is 6.37. The summed E-state index contributed by atoms with van der Waals surface area (Å²) in [4.78, 5) is 30.9. The fraction of sp³-hybridized carbons (Fsp3) is 0.316. The number of carbonyl (C=O) groups is 2. The minimum Gasteiger partial charge on any atom is -0.356 e. The largest absolute Gasteiger partial charge is 0.356 e. The molecule has 1 fully saturated rings. The minimum atomic E-state index is -0.363. The zero-order chi connectivity index (χ0) is 17.6. The summed E-state index contributed by atoms with van der Waals surface area (Å²) in [6.07, 6.45) is 3.98. The third-order valence-electron chi connectivity index (χ3n) is 4.31. The number of hydrogen-bond acceptors (Lipinski definition) is 4. The normalized spacial score (nSPS) is 17.0. The summed E-state index contributed by atoms with van der Waals surface area (Å²) in [5.74, 6) is 0.706. The fourth-order valence-electron chi connectivity index (χ4n) is 2.98. The van der Waals surface area contributed by atoms with E-state index >= 15 is 0 Å². The Bertz CT molecular complexity index is 748. The summed E-state index contributed by atoms with van der Waals surface area (Å²) in [6.45, 7) is 4.12. The van der Waals surface area contributed by atoms with E-state index in [0.29, 0.717) is 17.0 Å². The van der Waals surface area contributed by atoms with Crippen molar-refractivity contribution < 1.29 is 9.59 Å². The molecule has 2 amide bonds. The van der Waals surface area contributed by atoms with Crippen LogP contribution in [0.3, 0.4) is 0 Å². The molecule has 130 valence electrons. The second kappa shape index (κ2) is 7.79. The van der Waals surface area contributed by atoms with E-state index in [1.165, 1.54) is 6.42 Å². The van der Waals surface area contributed by atoms with Gasteiger partial charge in [-0.25, -0.2) is 4.98 Å². The van der Waals surface area contributed by atoms with E-state index in [-0.39, 0.29) is 11.8 Å². The quantitative estimate of drug-likeness (QED) is 0.843. The van der Waals surface area contributed by atoms with Crippen LogP contribution in [0.4, 0.5) is 5.82 Å². The van der Waals surface area contributed by atoms with Crippen molar-refractivity contribution in [3.05, 3.63) is 59.8 Å². The second-order valence-electron chi connectivity index (χ2n) is 6.37. The number of hydrazine groups is 1. The minimum absolute atomic E-state index is 0.354. The number of nitrogens with zero attached hydrogens (tertiary/aromatic N) is 2. The van der Waals surface area contributed by atoms with Gasteiger partial charge < -0.3 is 4.90 Å². The highest BCUT2D eigenvalue weighted by Crippen LogP contribution is 2.21. The lowest BCUT2D eigenvalue weighted by molar-refractivity contribution is 0.0846. The third kappa shape index (κ3) is 4.35. The molecule has 0 saturated carbocycles. The first-order valence-electron chi connectivity index (χ1n) is 8.50. The van der Waals surface area contributed by atoms with E-state index in [1.807, 2.05) is 6.07 Å². The number of piperidine rings is 1. The molecule has 1 saturated heterocycles. The van der Waals surface area contributed by atoms with Crippen LogP contribution < -0.4 is 15.8 Å². The molecular weight excluding hydrogens is 316 g/mol. The summed E-state index contributed by atoms with van der Waals surface area (Å²) in [5.41, 5.74) is 5.84. The SMILES string of the molecule is C[C@@H]1CCCN(c2cc(C(=O)NNC(=O)c3ccccc3)ccn2)C1. The van der Waals surface area contributed by atoms with Gasteiger partial charge in [0.15, 0.2) is 0 Å². The van der Waals surface area contributed by atoms with E-state index in [1.54, 1.807) is 42.6 Å². The van der Waals surface area contributed by atoms with Crippen molar-refractivity contribution in [3.8, 4) is 0 Å². The standard InChI is InChI=1S/C19H22N4O2/c1-14-6-5-11-23(13-14)17-12-16(9-10-20-17)19(25)22-21-18(24)15-7-3-2-4-8-15/h2-4,7-10,12,14H,5-6,11,13H2,1H3,(H,21,24)(H,22,25)/t14-/m1/s1. The zero-order valence-electron chi connectivity index (χ0n) is 14.2. The lowest BCUT2D eigenvalue weighted by atomic mass is 10.0. The van der Waals surface area contributed by atoms with Crippen molar-refractivity contribution in [1.82, 2.24) is 15.8 Å². The molecule has 0 unspecified atom stereocenters. The lowest BCUT2D eigenvalue weighted by Gasteiger charge is -2.31. The van der Waals surface area contributed by atoms with Gasteiger partial charge in [0.05, 0.1) is 0 Å². The highest BCUT2D eigenvalue weighted by molar-refractivity contribution is 5.99. The monoisotopic (exact) mass is 338 g/mol. The van der Waals surface area contributed by atoms with E-state index in [9.17, 15) is 9.59 Å². The highest BCUT2D eigenvalue weighted by Gasteiger charge is 2.18. The molecule has 0 bridgehead atoms. The first-order valence-corrected chi connectivity index (χ1v) is 8.50. The van der Waals surface area contributed by atoms with Gasteiger partial charge in [0.25, 0.3) is 11.8 Å². The molecule has 1 aromatic carbocycles. The summed E-state index contributed by atoms with van der Waals surface area (Å²) < 4.78 is 0. The molecular formula is C19H22N4O2. The van der Waals surface area contributed by atoms with E-state index < -0.39 is 0 Å². The maximum absolute atomic E-state index is 12.3. The molecule has 1 aliphatic heterocycles. The molecule has 2 N–H and O–H groups in total. The zero-order valence-corrected chi connectivity index (χ0v) is 14.2. The van der Waals surface area contributed by atoms with Gasteiger partial charge in [-0.2, -0.15) is 0 Å². The predicted octanol–water partition coefficient (Wildman–Crippen LogP) is 2.39. The average Bonchev–Trinajstić information content (AvgIpc) is 2.66. The van der Waals surface area contributed by atoms with Crippen molar-refractivity contribution in [3.63, 3.8) is 0 Å². The molecule has 6 heteroatoms. The summed E-state index contributed by atoms with van der Waals surface area (Å²) in [6, 6.07) is 12.1. The van der Waals surface area contributed by atoms with Crippen LogP contribution in [0.25, 0.3) is 0 Å². The number of pyridine rings is 1. The molecule has 2 heterocycles. The van der Waals surface area contributed by atoms with Gasteiger partial charge in [-0.05, 0) is 43.0 Å². The summed E-state index contributed by atoms with van der Waals surface area (Å²) in [5, 5.41) is 0. The predicted molar refractivity (Wildman–Crippen MR) is 96.2 cm³/mol. The number of rotatable bonds is 3. The first kappa shape index (κ1) is 17.0. The van der Waals surface area contributed by atoms with E-state index in [4.69, 9.17) is 0 Å². The van der Waals surface area contributed by atoms with Crippen molar-refractivity contribution in [2.24, 2.45) is 5.92 Å². The molecule has 2 aromatic rings. The Morgan fingerprint density at radius 1 is 1.08 bits per heavy atom. The number of carbonyl (C=O) groups excluding carboxylic acids is 2. The topological polar surface area (TPSA) is 74.3 Å². The number of amides is 2. The molecule has 3 rings (SSSR count). The van der Waals surface area contributed by atoms with Crippen LogP contribution in [0, 0.1) is 5.92 Å². The molecule has 25 heavy (non-hydrogen) atoms. The fourth-order valence-corrected chi connectivity index (χ4v) is 2.98. The average molecular weight is 338 g/mol. The molecule has 1 atom stereocenters. The Hall–Kier alpha value is -2.89. The van der Waals surface area contributed by atoms with Crippen LogP contribution in [0.2, 0.25) is 0 Å². The van der Waals surface area contributed by atoms with Crippen LogP contribution in [-0.4, -0.2) is 29.9 Å². The Morgan fingerprint density at radius 2 is 1.80 bits per heavy atom. The Kier molecular flexibility index (Phi) is 5.28. The maximum Gasteiger partial charge on any atom is 0.269 e. The van der Waals surface area contributed by atoms with Crippen molar-refractivity contribution >= 4 is 17.6 Å². The van der Waals surface area contributed by atoms with E-state index in [2.05, 4.69) is 27.7 Å². The van der Waals surface area contributed by atoms with Gasteiger partial charge >= 0.3 is 0 Å². The van der Waals surface area contributed by atoms with Gasteiger partial charge in [-0.1, -0.05) is 25.1 Å². The Labute approximate surface area is 147 Å². The van der Waals surface area contributed by atoms with Crippen LogP contribution >= 0.6 is 0 Å². The molecule has 0 spiro atoms. The van der Waals surface area contributed by atoms with Crippen molar-refractivity contribution in [2.75, 3.05) is 18.0 Å². The van der Waals surface area contributed by atoms with E-state index in [0.717, 1.165) is 25.3 Å². The Morgan fingerprint density at radius 3 is 2.52 bits per heavy atom. The van der Waals surface area contributed by atoms with Gasteiger partial charge in [-0.15, -0.1) is 0 Å². The third-order valence-corrected chi connectivity index (χ3v) is 4.31. The molecule has 0 radical (unpaired) electrons. The highest BCUT2D eigenvalue weighted by atomic mass is 16.2. The van der Waals surface area contributed by atoms with Crippen LogP contribution in [0.5, 0.6) is 0 Å². The Balaban J connectivity index is 1.62. The van der Waals surface area contributed by atoms with Crippen LogP contribution in [0.1, 0.15) is 40.5 Å². The summed E-state index contributed by atoms with van der Waals surface area (Å²) >= 11 is 0. The van der Waals surface area contributed by atoms with Crippen molar-refractivity contribution in [2.45, 2.75) is 19.8 Å². The van der Waals surface area contributed by atoms with Crippen molar-refractivity contribution in [1.29, 1.82) is 0 Å². The number of aromatic nitrogens is 1. The maximum atomic E-state index is 12.3. The number of benzene rings is 1. The van der Waals surface area contributed by atoms with Crippen LogP contribution in [0.15, 0.2) is 48.7 Å². The van der Waals surface area contributed by atoms with Crippen LogP contribution in [-0.2, 0) is 0 Å². The van der Waals surface area contributed by atoms with Gasteiger partial charge in [0.1, 0.15) is 5.82 Å². The van der Waals surface area contributed by atoms with Gasteiger partial charge in [0.2, 0.25) is 0 Å².